The fourth-order valence-electron chi connectivity index (χ4n) is 2.74. The van der Waals surface area contributed by atoms with Crippen molar-refractivity contribution in [2.45, 2.75) is 25.9 Å². The zero-order valence-corrected chi connectivity index (χ0v) is 11.7. The van der Waals surface area contributed by atoms with Crippen molar-refractivity contribution in [3.05, 3.63) is 17.7 Å². The van der Waals surface area contributed by atoms with Gasteiger partial charge in [0.1, 0.15) is 0 Å². The van der Waals surface area contributed by atoms with Gasteiger partial charge in [0.2, 0.25) is 5.28 Å². The fourth-order valence-corrected chi connectivity index (χ4v) is 2.87. The number of nitrogens with zero attached hydrogens (tertiary/aromatic N) is 5. The van der Waals surface area contributed by atoms with Gasteiger partial charge in [-0.15, -0.1) is 0 Å². The van der Waals surface area contributed by atoms with Gasteiger partial charge in [-0.2, -0.15) is 10.1 Å². The molecular formula is C12H14ClN5O2. The van der Waals surface area contributed by atoms with Crippen molar-refractivity contribution in [2.24, 2.45) is 5.92 Å². The lowest BCUT2D eigenvalue weighted by Crippen LogP contribution is -2.37. The van der Waals surface area contributed by atoms with Crippen LogP contribution in [0.1, 0.15) is 13.3 Å². The molecule has 20 heavy (non-hydrogen) atoms. The van der Waals surface area contributed by atoms with E-state index in [4.69, 9.17) is 11.6 Å². The maximum absolute atomic E-state index is 11.3. The Morgan fingerprint density at radius 1 is 1.55 bits per heavy atom. The molecule has 1 aliphatic heterocycles. The fraction of sp³-hybridized carbons (Fsp3) is 0.500. The minimum Gasteiger partial charge on any atom is -0.465 e. The van der Waals surface area contributed by atoms with Crippen molar-refractivity contribution in [2.75, 3.05) is 6.54 Å². The summed E-state index contributed by atoms with van der Waals surface area (Å²) < 4.78 is 1.70. The van der Waals surface area contributed by atoms with E-state index in [0.29, 0.717) is 24.7 Å². The minimum atomic E-state index is -0.886. The normalized spacial score (nSPS) is 22.6. The molecule has 7 nitrogen and oxygen atoms in total. The Labute approximate surface area is 120 Å². The molecule has 1 N–H and O–H groups in total. The number of likely N-dealkylation sites (tertiary alicyclic amines) is 1. The number of amides is 1. The second-order valence-electron chi connectivity index (χ2n) is 5.17. The predicted molar refractivity (Wildman–Crippen MR) is 72.6 cm³/mol. The minimum absolute atomic E-state index is 0.0839. The second kappa shape index (κ2) is 4.90. The summed E-state index contributed by atoms with van der Waals surface area (Å²) in [6.45, 7) is 3.10. The summed E-state index contributed by atoms with van der Waals surface area (Å²) in [4.78, 5) is 20.8. The first-order chi connectivity index (χ1) is 9.54. The number of aromatic nitrogens is 4. The lowest BCUT2D eigenvalue weighted by Gasteiger charge is -2.21. The van der Waals surface area contributed by atoms with Crippen molar-refractivity contribution in [3.8, 4) is 0 Å². The monoisotopic (exact) mass is 295 g/mol. The first kappa shape index (κ1) is 13.1. The van der Waals surface area contributed by atoms with Crippen LogP contribution in [0, 0.1) is 5.92 Å². The van der Waals surface area contributed by atoms with Crippen LogP contribution in [0.4, 0.5) is 4.79 Å². The number of hydrogen-bond donors (Lipinski definition) is 1. The molecule has 0 aliphatic carbocycles. The number of carboxylic acid groups (broad SMARTS) is 1. The maximum Gasteiger partial charge on any atom is 0.407 e. The lowest BCUT2D eigenvalue weighted by atomic mass is 10.1. The molecule has 1 saturated heterocycles. The third-order valence-corrected chi connectivity index (χ3v) is 3.78. The quantitative estimate of drug-likeness (QED) is 0.855. The van der Waals surface area contributed by atoms with Gasteiger partial charge < -0.3 is 10.0 Å². The van der Waals surface area contributed by atoms with Crippen LogP contribution in [-0.4, -0.2) is 48.4 Å². The van der Waals surface area contributed by atoms with E-state index in [1.54, 1.807) is 17.1 Å². The summed E-state index contributed by atoms with van der Waals surface area (Å²) in [5.41, 5.74) is 0.634. The van der Waals surface area contributed by atoms with E-state index in [1.165, 1.54) is 4.90 Å². The molecule has 3 heterocycles. The standard InChI is InChI=1S/C12H14ClN5O2/c1-7-2-9(17(5-7)12(19)20)6-18-10-8(4-15-18)3-14-11(13)16-10/h3-4,7,9H,2,5-6H2,1H3,(H,19,20)/t7-,9+/m1/s1. The van der Waals surface area contributed by atoms with Crippen molar-refractivity contribution in [1.29, 1.82) is 0 Å². The van der Waals surface area contributed by atoms with Gasteiger partial charge in [-0.25, -0.2) is 14.5 Å². The Morgan fingerprint density at radius 3 is 3.10 bits per heavy atom. The Balaban J connectivity index is 1.89. The molecule has 2 atom stereocenters. The molecule has 0 unspecified atom stereocenters. The van der Waals surface area contributed by atoms with E-state index < -0.39 is 6.09 Å². The number of fused-ring (bicyclic) bond motifs is 1. The van der Waals surface area contributed by atoms with Crippen molar-refractivity contribution >= 4 is 28.7 Å². The Hall–Kier alpha value is -1.89. The van der Waals surface area contributed by atoms with Gasteiger partial charge in [-0.3, -0.25) is 0 Å². The van der Waals surface area contributed by atoms with E-state index in [0.717, 1.165) is 11.8 Å². The number of hydrogen-bond acceptors (Lipinski definition) is 4. The Bertz CT molecular complexity index is 658. The van der Waals surface area contributed by atoms with Crippen LogP contribution in [0.15, 0.2) is 12.4 Å². The number of halogens is 1. The van der Waals surface area contributed by atoms with Gasteiger partial charge in [-0.05, 0) is 23.9 Å². The second-order valence-corrected chi connectivity index (χ2v) is 5.51. The summed E-state index contributed by atoms with van der Waals surface area (Å²) in [6.07, 6.45) is 3.21. The van der Waals surface area contributed by atoms with Crippen molar-refractivity contribution in [1.82, 2.24) is 24.6 Å². The van der Waals surface area contributed by atoms with Gasteiger partial charge in [0, 0.05) is 12.7 Å². The molecule has 0 radical (unpaired) electrons. The van der Waals surface area contributed by atoms with Crippen LogP contribution in [-0.2, 0) is 6.54 Å². The zero-order chi connectivity index (χ0) is 14.3. The van der Waals surface area contributed by atoms with Gasteiger partial charge in [0.15, 0.2) is 5.65 Å². The zero-order valence-electron chi connectivity index (χ0n) is 10.9. The van der Waals surface area contributed by atoms with E-state index >= 15 is 0 Å². The third-order valence-electron chi connectivity index (χ3n) is 3.60. The average molecular weight is 296 g/mol. The first-order valence-corrected chi connectivity index (χ1v) is 6.76. The number of rotatable bonds is 2. The Kier molecular flexibility index (Phi) is 3.21. The van der Waals surface area contributed by atoms with Gasteiger partial charge in [0.05, 0.1) is 24.2 Å². The summed E-state index contributed by atoms with van der Waals surface area (Å²) in [5.74, 6) is 0.358. The van der Waals surface area contributed by atoms with Gasteiger partial charge >= 0.3 is 6.09 Å². The van der Waals surface area contributed by atoms with Gasteiger partial charge in [0.25, 0.3) is 0 Å². The topological polar surface area (TPSA) is 84.1 Å². The Morgan fingerprint density at radius 2 is 2.35 bits per heavy atom. The van der Waals surface area contributed by atoms with Crippen LogP contribution >= 0.6 is 11.6 Å². The predicted octanol–water partition coefficient (Wildman–Crippen LogP) is 1.87. The lowest BCUT2D eigenvalue weighted by molar-refractivity contribution is 0.135. The third kappa shape index (κ3) is 2.29. The molecule has 0 aromatic carbocycles. The molecule has 1 fully saturated rings. The van der Waals surface area contributed by atoms with Crippen LogP contribution in [0.5, 0.6) is 0 Å². The van der Waals surface area contributed by atoms with Crippen LogP contribution in [0.2, 0.25) is 5.28 Å². The van der Waals surface area contributed by atoms with Crippen LogP contribution < -0.4 is 0 Å². The average Bonchev–Trinajstić information content (AvgIpc) is 2.94. The molecule has 2 aromatic heterocycles. The largest absolute Gasteiger partial charge is 0.465 e. The maximum atomic E-state index is 11.3. The van der Waals surface area contributed by atoms with E-state index in [1.807, 2.05) is 0 Å². The molecule has 8 heteroatoms. The van der Waals surface area contributed by atoms with Crippen molar-refractivity contribution in [3.63, 3.8) is 0 Å². The summed E-state index contributed by atoms with van der Waals surface area (Å²) in [5, 5.41) is 14.4. The highest BCUT2D eigenvalue weighted by molar-refractivity contribution is 6.28. The molecule has 0 saturated carbocycles. The van der Waals surface area contributed by atoms with Gasteiger partial charge in [-0.1, -0.05) is 6.92 Å². The van der Waals surface area contributed by atoms with E-state index in [-0.39, 0.29) is 11.3 Å². The molecule has 1 aliphatic rings. The van der Waals surface area contributed by atoms with Crippen LogP contribution in [0.3, 0.4) is 0 Å². The first-order valence-electron chi connectivity index (χ1n) is 6.38. The summed E-state index contributed by atoms with van der Waals surface area (Å²) >= 11 is 5.80. The molecule has 2 aromatic rings. The SMILES string of the molecule is C[C@@H]1C[C@@H](Cn2ncc3cnc(Cl)nc32)N(C(=O)O)C1. The highest BCUT2D eigenvalue weighted by Crippen LogP contribution is 2.25. The van der Waals surface area contributed by atoms with Crippen molar-refractivity contribution < 1.29 is 9.90 Å². The molecule has 106 valence electrons. The van der Waals surface area contributed by atoms with E-state index in [2.05, 4.69) is 22.0 Å². The molecule has 1 amide bonds. The van der Waals surface area contributed by atoms with Crippen LogP contribution in [0.25, 0.3) is 11.0 Å². The molecule has 3 rings (SSSR count). The van der Waals surface area contributed by atoms with E-state index in [9.17, 15) is 9.90 Å². The highest BCUT2D eigenvalue weighted by atomic mass is 35.5. The summed E-state index contributed by atoms with van der Waals surface area (Å²) in [7, 11) is 0. The molecule has 0 spiro atoms. The molecular weight excluding hydrogens is 282 g/mol. The highest BCUT2D eigenvalue weighted by Gasteiger charge is 2.33. The summed E-state index contributed by atoms with van der Waals surface area (Å²) in [6, 6.07) is -0.0839. The molecule has 0 bridgehead atoms. The number of carbonyl (C=O) groups is 1. The smallest absolute Gasteiger partial charge is 0.407 e.